The number of nitrogens with two attached hydrogens (primary N) is 1. The Morgan fingerprint density at radius 1 is 1.21 bits per heavy atom. The highest BCUT2D eigenvalue weighted by Crippen LogP contribution is 2.37. The second-order valence-electron chi connectivity index (χ2n) is 4.59. The van der Waals surface area contributed by atoms with E-state index in [1.54, 1.807) is 0 Å². The highest BCUT2D eigenvalue weighted by molar-refractivity contribution is 9.10. The van der Waals surface area contributed by atoms with E-state index in [0.29, 0.717) is 0 Å². The van der Waals surface area contributed by atoms with Crippen LogP contribution in [0.3, 0.4) is 0 Å². The minimum absolute atomic E-state index is 0.832. The third-order valence-corrected chi connectivity index (χ3v) is 5.08. The number of nitrogen functional groups attached to an aromatic ring is 1. The van der Waals surface area contributed by atoms with Gasteiger partial charge in [-0.2, -0.15) is 0 Å². The van der Waals surface area contributed by atoms with Crippen LogP contribution >= 0.6 is 27.7 Å². The molecule has 0 fully saturated rings. The highest BCUT2D eigenvalue weighted by atomic mass is 79.9. The van der Waals surface area contributed by atoms with Crippen molar-refractivity contribution in [3.05, 3.63) is 52.5 Å². The first-order valence-corrected chi connectivity index (χ1v) is 8.02. The number of fused-ring (bicyclic) bond motifs is 1. The van der Waals surface area contributed by atoms with Crippen LogP contribution in [0.4, 0.5) is 11.4 Å². The Balaban J connectivity index is 1.92. The summed E-state index contributed by atoms with van der Waals surface area (Å²) < 4.78 is 1.17. The van der Waals surface area contributed by atoms with Gasteiger partial charge in [-0.25, -0.2) is 0 Å². The van der Waals surface area contributed by atoms with E-state index in [9.17, 15) is 0 Å². The Bertz CT molecular complexity index is 600. The first kappa shape index (κ1) is 12.9. The van der Waals surface area contributed by atoms with Gasteiger partial charge in [-0.1, -0.05) is 34.1 Å². The van der Waals surface area contributed by atoms with Gasteiger partial charge < -0.3 is 10.6 Å². The molecule has 0 unspecified atom stereocenters. The molecule has 1 aliphatic heterocycles. The van der Waals surface area contributed by atoms with Crippen LogP contribution in [0.25, 0.3) is 0 Å². The first-order chi connectivity index (χ1) is 9.24. The van der Waals surface area contributed by atoms with Crippen LogP contribution in [0.1, 0.15) is 5.56 Å². The van der Waals surface area contributed by atoms with Crippen LogP contribution in [0, 0.1) is 0 Å². The molecule has 0 atom stereocenters. The minimum Gasteiger partial charge on any atom is -0.399 e. The molecule has 0 aromatic heterocycles. The topological polar surface area (TPSA) is 29.3 Å². The standard InChI is InChI=1S/C15H15BrN2S/c16-13-4-2-1-3-11(13)10-18-7-8-19-15-6-5-12(17)9-14(15)18/h1-6,9H,7-8,10,17H2. The van der Waals surface area contributed by atoms with Crippen molar-refractivity contribution in [1.29, 1.82) is 0 Å². The van der Waals surface area contributed by atoms with Gasteiger partial charge in [0.1, 0.15) is 0 Å². The maximum atomic E-state index is 5.92. The average molecular weight is 335 g/mol. The molecule has 0 aliphatic carbocycles. The van der Waals surface area contributed by atoms with E-state index in [0.717, 1.165) is 24.5 Å². The van der Waals surface area contributed by atoms with Crippen LogP contribution in [0.15, 0.2) is 51.8 Å². The molecule has 0 amide bonds. The van der Waals surface area contributed by atoms with Gasteiger partial charge in [-0.3, -0.25) is 0 Å². The van der Waals surface area contributed by atoms with Crippen molar-refractivity contribution in [2.75, 3.05) is 22.9 Å². The largest absolute Gasteiger partial charge is 0.399 e. The number of thioether (sulfide) groups is 1. The molecule has 1 heterocycles. The van der Waals surface area contributed by atoms with Gasteiger partial charge in [-0.05, 0) is 29.8 Å². The summed E-state index contributed by atoms with van der Waals surface area (Å²) in [5.74, 6) is 1.13. The van der Waals surface area contributed by atoms with Gasteiger partial charge in [-0.15, -0.1) is 11.8 Å². The SMILES string of the molecule is Nc1ccc2c(c1)N(Cc1ccccc1Br)CCS2. The van der Waals surface area contributed by atoms with Crippen LogP contribution in [0.5, 0.6) is 0 Å². The Morgan fingerprint density at radius 2 is 2.05 bits per heavy atom. The van der Waals surface area contributed by atoms with Crippen LogP contribution in [-0.4, -0.2) is 12.3 Å². The average Bonchev–Trinajstić information content (AvgIpc) is 2.42. The second kappa shape index (κ2) is 5.47. The fraction of sp³-hybridized carbons (Fsp3) is 0.200. The Hall–Kier alpha value is -1.13. The quantitative estimate of drug-likeness (QED) is 0.836. The second-order valence-corrected chi connectivity index (χ2v) is 6.58. The summed E-state index contributed by atoms with van der Waals surface area (Å²) in [6.07, 6.45) is 0. The van der Waals surface area contributed by atoms with Gasteiger partial charge in [0.25, 0.3) is 0 Å². The van der Waals surface area contributed by atoms with Gasteiger partial charge in [0.05, 0.1) is 5.69 Å². The lowest BCUT2D eigenvalue weighted by Gasteiger charge is -2.31. The van der Waals surface area contributed by atoms with E-state index in [1.165, 1.54) is 20.6 Å². The predicted molar refractivity (Wildman–Crippen MR) is 86.8 cm³/mol. The minimum atomic E-state index is 0.832. The van der Waals surface area contributed by atoms with E-state index >= 15 is 0 Å². The summed E-state index contributed by atoms with van der Waals surface area (Å²) in [6, 6.07) is 14.6. The van der Waals surface area contributed by atoms with Gasteiger partial charge in [0.15, 0.2) is 0 Å². The summed E-state index contributed by atoms with van der Waals surface area (Å²) in [6.45, 7) is 1.97. The monoisotopic (exact) mass is 334 g/mol. The Kier molecular flexibility index (Phi) is 3.71. The lowest BCUT2D eigenvalue weighted by molar-refractivity contribution is 0.815. The van der Waals surface area contributed by atoms with Gasteiger partial charge in [0, 0.05) is 33.9 Å². The zero-order chi connectivity index (χ0) is 13.2. The third-order valence-electron chi connectivity index (χ3n) is 3.26. The molecule has 0 saturated heterocycles. The Labute approximate surface area is 126 Å². The van der Waals surface area contributed by atoms with Crippen molar-refractivity contribution in [2.24, 2.45) is 0 Å². The molecule has 2 N–H and O–H groups in total. The molecule has 0 radical (unpaired) electrons. The molecule has 3 rings (SSSR count). The molecular weight excluding hydrogens is 320 g/mol. The number of hydrogen-bond acceptors (Lipinski definition) is 3. The molecule has 2 aromatic rings. The molecule has 2 nitrogen and oxygen atoms in total. The van der Waals surface area contributed by atoms with Crippen molar-refractivity contribution in [2.45, 2.75) is 11.4 Å². The van der Waals surface area contributed by atoms with Crippen LogP contribution < -0.4 is 10.6 Å². The molecule has 2 aromatic carbocycles. The Morgan fingerprint density at radius 3 is 2.89 bits per heavy atom. The lowest BCUT2D eigenvalue weighted by Crippen LogP contribution is -2.28. The molecule has 1 aliphatic rings. The molecule has 4 heteroatoms. The zero-order valence-electron chi connectivity index (χ0n) is 10.5. The molecular formula is C15H15BrN2S. The van der Waals surface area contributed by atoms with E-state index in [2.05, 4.69) is 51.2 Å². The molecule has 19 heavy (non-hydrogen) atoms. The lowest BCUT2D eigenvalue weighted by atomic mass is 10.2. The summed E-state index contributed by atoms with van der Waals surface area (Å²) in [5.41, 5.74) is 9.32. The smallest absolute Gasteiger partial charge is 0.0528 e. The van der Waals surface area contributed by atoms with Gasteiger partial charge in [0.2, 0.25) is 0 Å². The van der Waals surface area contributed by atoms with Crippen molar-refractivity contribution in [3.63, 3.8) is 0 Å². The predicted octanol–water partition coefficient (Wildman–Crippen LogP) is 4.14. The fourth-order valence-corrected chi connectivity index (χ4v) is 3.73. The third kappa shape index (κ3) is 2.74. The number of rotatable bonds is 2. The van der Waals surface area contributed by atoms with Crippen molar-refractivity contribution in [1.82, 2.24) is 0 Å². The van der Waals surface area contributed by atoms with E-state index in [1.807, 2.05) is 23.9 Å². The summed E-state index contributed by atoms with van der Waals surface area (Å²) in [7, 11) is 0. The van der Waals surface area contributed by atoms with E-state index < -0.39 is 0 Å². The van der Waals surface area contributed by atoms with Crippen LogP contribution in [0.2, 0.25) is 0 Å². The number of hydrogen-bond donors (Lipinski definition) is 1. The number of anilines is 2. The zero-order valence-corrected chi connectivity index (χ0v) is 12.9. The molecule has 0 spiro atoms. The maximum Gasteiger partial charge on any atom is 0.0528 e. The first-order valence-electron chi connectivity index (χ1n) is 6.25. The van der Waals surface area contributed by atoms with Crippen LogP contribution in [-0.2, 0) is 6.54 Å². The van der Waals surface area contributed by atoms with E-state index in [-0.39, 0.29) is 0 Å². The van der Waals surface area contributed by atoms with Gasteiger partial charge >= 0.3 is 0 Å². The molecule has 0 saturated carbocycles. The highest BCUT2D eigenvalue weighted by Gasteiger charge is 2.18. The summed E-state index contributed by atoms with van der Waals surface area (Å²) in [4.78, 5) is 3.73. The summed E-state index contributed by atoms with van der Waals surface area (Å²) in [5, 5.41) is 0. The fourth-order valence-electron chi connectivity index (χ4n) is 2.29. The normalized spacial score (nSPS) is 14.3. The number of halogens is 1. The summed E-state index contributed by atoms with van der Waals surface area (Å²) >= 11 is 5.53. The number of nitrogens with zero attached hydrogens (tertiary/aromatic N) is 1. The number of benzene rings is 2. The maximum absolute atomic E-state index is 5.92. The van der Waals surface area contributed by atoms with Crippen molar-refractivity contribution in [3.8, 4) is 0 Å². The van der Waals surface area contributed by atoms with E-state index in [4.69, 9.17) is 5.73 Å². The van der Waals surface area contributed by atoms with Crippen molar-refractivity contribution < 1.29 is 0 Å². The molecule has 98 valence electrons. The van der Waals surface area contributed by atoms with Crippen molar-refractivity contribution >= 4 is 39.1 Å². The molecule has 0 bridgehead atoms.